The Morgan fingerprint density at radius 1 is 1.42 bits per heavy atom. The third-order valence-electron chi connectivity index (χ3n) is 3.96. The van der Waals surface area contributed by atoms with Gasteiger partial charge in [0.2, 0.25) is 0 Å². The number of fused-ring (bicyclic) bond motifs is 1. The van der Waals surface area contributed by atoms with E-state index in [1.165, 1.54) is 23.3 Å². The van der Waals surface area contributed by atoms with Crippen LogP contribution in [0, 0.1) is 6.92 Å². The number of nitrogen functional groups attached to an aromatic ring is 1. The quantitative estimate of drug-likeness (QED) is 0.881. The van der Waals surface area contributed by atoms with Gasteiger partial charge in [0, 0.05) is 15.6 Å². The highest BCUT2D eigenvalue weighted by Gasteiger charge is 2.34. The number of thiophene rings is 1. The highest BCUT2D eigenvalue weighted by molar-refractivity contribution is 7.21. The molecule has 3 nitrogen and oxygen atoms in total. The standard InChI is InChI=1S/C15H18N2OS/c1-9-4-5-10-11(8-9)19-13(12(10)16)14(18)17-15(2)6-3-7-15/h4-5,8H,3,6-7,16H2,1-2H3,(H,17,18). The molecular weight excluding hydrogens is 256 g/mol. The molecule has 0 spiro atoms. The Morgan fingerprint density at radius 2 is 2.16 bits per heavy atom. The van der Waals surface area contributed by atoms with E-state index in [1.54, 1.807) is 0 Å². The summed E-state index contributed by atoms with van der Waals surface area (Å²) in [5.41, 5.74) is 7.88. The maximum Gasteiger partial charge on any atom is 0.263 e. The van der Waals surface area contributed by atoms with E-state index in [1.807, 2.05) is 19.1 Å². The smallest absolute Gasteiger partial charge is 0.263 e. The summed E-state index contributed by atoms with van der Waals surface area (Å²) in [5, 5.41) is 4.10. The molecule has 1 amide bonds. The second kappa shape index (κ2) is 4.23. The zero-order valence-corrected chi connectivity index (χ0v) is 12.1. The third-order valence-corrected chi connectivity index (χ3v) is 5.13. The summed E-state index contributed by atoms with van der Waals surface area (Å²) in [6, 6.07) is 6.11. The Balaban J connectivity index is 1.96. The number of carbonyl (C=O) groups is 1. The predicted octanol–water partition coefficient (Wildman–Crippen LogP) is 3.46. The molecule has 1 fully saturated rings. The highest BCUT2D eigenvalue weighted by Crippen LogP contribution is 2.36. The van der Waals surface area contributed by atoms with Crippen LogP contribution in [0.25, 0.3) is 10.1 Å². The molecule has 0 unspecified atom stereocenters. The molecule has 19 heavy (non-hydrogen) atoms. The van der Waals surface area contributed by atoms with Gasteiger partial charge >= 0.3 is 0 Å². The number of anilines is 1. The first-order chi connectivity index (χ1) is 8.98. The lowest BCUT2D eigenvalue weighted by atomic mass is 9.78. The van der Waals surface area contributed by atoms with Crippen LogP contribution in [-0.4, -0.2) is 11.4 Å². The average Bonchev–Trinajstić information content (AvgIpc) is 2.64. The predicted molar refractivity (Wildman–Crippen MR) is 80.7 cm³/mol. The topological polar surface area (TPSA) is 55.1 Å². The fraction of sp³-hybridized carbons (Fsp3) is 0.400. The van der Waals surface area contributed by atoms with Crippen molar-refractivity contribution in [1.29, 1.82) is 0 Å². The van der Waals surface area contributed by atoms with Gasteiger partial charge in [-0.05, 0) is 44.7 Å². The SMILES string of the molecule is Cc1ccc2c(N)c(C(=O)NC3(C)CCC3)sc2c1. The molecule has 2 aromatic rings. The molecule has 0 bridgehead atoms. The first kappa shape index (κ1) is 12.5. The molecule has 1 aromatic carbocycles. The van der Waals surface area contributed by atoms with Crippen LogP contribution in [0.3, 0.4) is 0 Å². The van der Waals surface area contributed by atoms with Gasteiger partial charge in [0.1, 0.15) is 4.88 Å². The summed E-state index contributed by atoms with van der Waals surface area (Å²) in [6.07, 6.45) is 3.31. The van der Waals surface area contributed by atoms with Gasteiger partial charge in [-0.2, -0.15) is 0 Å². The Labute approximate surface area is 116 Å². The first-order valence-electron chi connectivity index (χ1n) is 6.60. The van der Waals surface area contributed by atoms with Crippen molar-refractivity contribution < 1.29 is 4.79 Å². The van der Waals surface area contributed by atoms with E-state index in [0.717, 1.165) is 22.9 Å². The second-order valence-electron chi connectivity index (χ2n) is 5.71. The van der Waals surface area contributed by atoms with Crippen molar-refractivity contribution in [2.24, 2.45) is 0 Å². The largest absolute Gasteiger partial charge is 0.397 e. The minimum Gasteiger partial charge on any atom is -0.397 e. The summed E-state index contributed by atoms with van der Waals surface area (Å²) in [6.45, 7) is 4.15. The minimum atomic E-state index is -0.0321. The molecule has 3 rings (SSSR count). The van der Waals surface area contributed by atoms with Crippen molar-refractivity contribution >= 4 is 33.0 Å². The number of rotatable bonds is 2. The molecule has 0 aliphatic heterocycles. The van der Waals surface area contributed by atoms with Crippen LogP contribution < -0.4 is 11.1 Å². The number of carbonyl (C=O) groups excluding carboxylic acids is 1. The number of hydrogen-bond donors (Lipinski definition) is 2. The van der Waals surface area contributed by atoms with E-state index < -0.39 is 0 Å². The highest BCUT2D eigenvalue weighted by atomic mass is 32.1. The summed E-state index contributed by atoms with van der Waals surface area (Å²) >= 11 is 1.48. The number of hydrogen-bond acceptors (Lipinski definition) is 3. The van der Waals surface area contributed by atoms with E-state index in [4.69, 9.17) is 5.73 Å². The van der Waals surface area contributed by atoms with E-state index >= 15 is 0 Å². The number of nitrogens with two attached hydrogens (primary N) is 1. The second-order valence-corrected chi connectivity index (χ2v) is 6.77. The molecule has 0 atom stereocenters. The van der Waals surface area contributed by atoms with E-state index in [2.05, 4.69) is 18.3 Å². The van der Waals surface area contributed by atoms with Crippen molar-refractivity contribution in [3.05, 3.63) is 28.6 Å². The summed E-state index contributed by atoms with van der Waals surface area (Å²) in [7, 11) is 0. The van der Waals surface area contributed by atoms with Gasteiger partial charge in [0.25, 0.3) is 5.91 Å². The normalized spacial score (nSPS) is 17.2. The molecular formula is C15H18N2OS. The van der Waals surface area contributed by atoms with Gasteiger partial charge in [0.15, 0.2) is 0 Å². The van der Waals surface area contributed by atoms with Gasteiger partial charge in [-0.15, -0.1) is 11.3 Å². The molecule has 3 N–H and O–H groups in total. The molecule has 0 radical (unpaired) electrons. The molecule has 1 aromatic heterocycles. The molecule has 1 saturated carbocycles. The Kier molecular flexibility index (Phi) is 2.78. The van der Waals surface area contributed by atoms with E-state index in [-0.39, 0.29) is 11.4 Å². The zero-order chi connectivity index (χ0) is 13.6. The van der Waals surface area contributed by atoms with E-state index in [0.29, 0.717) is 10.6 Å². The third kappa shape index (κ3) is 2.10. The molecule has 0 saturated heterocycles. The van der Waals surface area contributed by atoms with Crippen LogP contribution in [0.15, 0.2) is 18.2 Å². The lowest BCUT2D eigenvalue weighted by molar-refractivity contribution is 0.0855. The number of nitrogens with one attached hydrogen (secondary N) is 1. The first-order valence-corrected chi connectivity index (χ1v) is 7.41. The molecule has 4 heteroatoms. The van der Waals surface area contributed by atoms with Crippen LogP contribution in [-0.2, 0) is 0 Å². The van der Waals surface area contributed by atoms with Gasteiger partial charge < -0.3 is 11.1 Å². The maximum absolute atomic E-state index is 12.3. The fourth-order valence-corrected chi connectivity index (χ4v) is 3.67. The Morgan fingerprint density at radius 3 is 2.79 bits per heavy atom. The molecule has 1 aliphatic carbocycles. The monoisotopic (exact) mass is 274 g/mol. The summed E-state index contributed by atoms with van der Waals surface area (Å²) < 4.78 is 1.08. The van der Waals surface area contributed by atoms with Crippen molar-refractivity contribution in [3.63, 3.8) is 0 Å². The average molecular weight is 274 g/mol. The van der Waals surface area contributed by atoms with Crippen LogP contribution in [0.5, 0.6) is 0 Å². The van der Waals surface area contributed by atoms with Gasteiger partial charge in [-0.3, -0.25) is 4.79 Å². The maximum atomic E-state index is 12.3. The van der Waals surface area contributed by atoms with Gasteiger partial charge in [0.05, 0.1) is 5.69 Å². The van der Waals surface area contributed by atoms with Gasteiger partial charge in [-0.25, -0.2) is 0 Å². The number of aryl methyl sites for hydroxylation is 1. The van der Waals surface area contributed by atoms with Crippen molar-refractivity contribution in [1.82, 2.24) is 5.32 Å². The number of benzene rings is 1. The summed E-state index contributed by atoms with van der Waals surface area (Å²) in [5.74, 6) is -0.0291. The lowest BCUT2D eigenvalue weighted by Gasteiger charge is -2.39. The van der Waals surface area contributed by atoms with Crippen LogP contribution in [0.1, 0.15) is 41.4 Å². The molecule has 1 heterocycles. The van der Waals surface area contributed by atoms with E-state index in [9.17, 15) is 4.79 Å². The Bertz CT molecular complexity index is 655. The summed E-state index contributed by atoms with van der Waals surface area (Å²) in [4.78, 5) is 13.0. The number of amides is 1. The zero-order valence-electron chi connectivity index (χ0n) is 11.2. The minimum absolute atomic E-state index is 0.0291. The van der Waals surface area contributed by atoms with Crippen molar-refractivity contribution in [3.8, 4) is 0 Å². The van der Waals surface area contributed by atoms with Gasteiger partial charge in [-0.1, -0.05) is 12.1 Å². The molecule has 100 valence electrons. The Hall–Kier alpha value is -1.55. The van der Waals surface area contributed by atoms with Crippen LogP contribution in [0.2, 0.25) is 0 Å². The van der Waals surface area contributed by atoms with Crippen molar-refractivity contribution in [2.75, 3.05) is 5.73 Å². The fourth-order valence-electron chi connectivity index (χ4n) is 2.56. The molecule has 1 aliphatic rings. The van der Waals surface area contributed by atoms with Crippen LogP contribution in [0.4, 0.5) is 5.69 Å². The van der Waals surface area contributed by atoms with Crippen LogP contribution >= 0.6 is 11.3 Å². The lowest BCUT2D eigenvalue weighted by Crippen LogP contribution is -2.50. The van der Waals surface area contributed by atoms with Crippen molar-refractivity contribution in [2.45, 2.75) is 38.6 Å².